The fourth-order valence-corrected chi connectivity index (χ4v) is 2.22. The lowest BCUT2D eigenvalue weighted by Gasteiger charge is -2.23. The Kier molecular flexibility index (Phi) is 4.00. The average molecular weight is 258 g/mol. The Labute approximate surface area is 112 Å². The molecule has 1 heterocycles. The van der Waals surface area contributed by atoms with Gasteiger partial charge in [0.05, 0.1) is 5.52 Å². The number of aromatic nitrogens is 1. The molecule has 4 heteroatoms. The maximum atomic E-state index is 11.0. The molecule has 0 aliphatic rings. The zero-order chi connectivity index (χ0) is 13.8. The van der Waals surface area contributed by atoms with Crippen LogP contribution in [0.1, 0.15) is 18.9 Å². The van der Waals surface area contributed by atoms with Crippen LogP contribution in [0.15, 0.2) is 30.3 Å². The van der Waals surface area contributed by atoms with Gasteiger partial charge in [-0.15, -0.1) is 0 Å². The van der Waals surface area contributed by atoms with Gasteiger partial charge in [-0.1, -0.05) is 25.1 Å². The lowest BCUT2D eigenvalue weighted by molar-refractivity contribution is -0.135. The summed E-state index contributed by atoms with van der Waals surface area (Å²) in [6.45, 7) is 4.68. The molecule has 0 aliphatic heterocycles. The van der Waals surface area contributed by atoms with Crippen LogP contribution in [0.25, 0.3) is 10.9 Å². The Morgan fingerprint density at radius 3 is 2.79 bits per heavy atom. The van der Waals surface area contributed by atoms with E-state index >= 15 is 0 Å². The number of para-hydroxylation sites is 1. The molecule has 0 aliphatic carbocycles. The minimum absolute atomic E-state index is 0.0139. The number of anilines is 1. The van der Waals surface area contributed by atoms with Gasteiger partial charge in [0.15, 0.2) is 0 Å². The summed E-state index contributed by atoms with van der Waals surface area (Å²) in [6, 6.07) is 9.94. The number of rotatable bonds is 5. The first-order valence-electron chi connectivity index (χ1n) is 6.45. The first-order chi connectivity index (χ1) is 9.11. The summed E-state index contributed by atoms with van der Waals surface area (Å²) in [5, 5.41) is 10.1. The summed E-state index contributed by atoms with van der Waals surface area (Å²) in [6.07, 6.45) is 0.890. The van der Waals surface area contributed by atoms with E-state index in [4.69, 9.17) is 5.11 Å². The van der Waals surface area contributed by atoms with Crippen molar-refractivity contribution >= 4 is 22.7 Å². The number of carbonyl (C=O) groups is 1. The highest BCUT2D eigenvalue weighted by Crippen LogP contribution is 2.22. The summed E-state index contributed by atoms with van der Waals surface area (Å²) in [4.78, 5) is 17.4. The van der Waals surface area contributed by atoms with Crippen molar-refractivity contribution < 1.29 is 9.90 Å². The van der Waals surface area contributed by atoms with E-state index in [9.17, 15) is 4.79 Å². The molecule has 2 rings (SSSR count). The zero-order valence-electron chi connectivity index (χ0n) is 11.3. The Hall–Kier alpha value is -2.10. The van der Waals surface area contributed by atoms with Crippen molar-refractivity contribution in [2.45, 2.75) is 20.3 Å². The van der Waals surface area contributed by atoms with Crippen molar-refractivity contribution in [2.24, 2.45) is 0 Å². The van der Waals surface area contributed by atoms with E-state index in [2.05, 4.69) is 11.1 Å². The minimum atomic E-state index is -0.831. The van der Waals surface area contributed by atoms with Gasteiger partial charge >= 0.3 is 5.97 Å². The number of fused-ring (bicyclic) bond motifs is 1. The highest BCUT2D eigenvalue weighted by atomic mass is 16.4. The van der Waals surface area contributed by atoms with Gasteiger partial charge in [0.2, 0.25) is 0 Å². The van der Waals surface area contributed by atoms with E-state index in [1.54, 1.807) is 0 Å². The highest BCUT2D eigenvalue weighted by Gasteiger charge is 2.14. The van der Waals surface area contributed by atoms with Crippen molar-refractivity contribution in [2.75, 3.05) is 18.0 Å². The smallest absolute Gasteiger partial charge is 0.323 e. The average Bonchev–Trinajstić information content (AvgIpc) is 2.37. The monoisotopic (exact) mass is 258 g/mol. The Balaban J connectivity index is 2.45. The summed E-state index contributed by atoms with van der Waals surface area (Å²) >= 11 is 0. The van der Waals surface area contributed by atoms with Crippen molar-refractivity contribution in [3.05, 3.63) is 35.9 Å². The highest BCUT2D eigenvalue weighted by molar-refractivity contribution is 5.82. The van der Waals surface area contributed by atoms with Crippen LogP contribution in [0.4, 0.5) is 5.82 Å². The van der Waals surface area contributed by atoms with Gasteiger partial charge in [0.25, 0.3) is 0 Å². The molecule has 2 aromatic rings. The van der Waals surface area contributed by atoms with Crippen LogP contribution in [-0.4, -0.2) is 29.1 Å². The first kappa shape index (κ1) is 13.3. The Morgan fingerprint density at radius 2 is 2.11 bits per heavy atom. The van der Waals surface area contributed by atoms with Crippen molar-refractivity contribution in [3.63, 3.8) is 0 Å². The van der Waals surface area contributed by atoms with Crippen LogP contribution in [0.5, 0.6) is 0 Å². The SMILES string of the molecule is CCCN(CC(=O)O)c1nc2ccccc2cc1C. The topological polar surface area (TPSA) is 53.4 Å². The van der Waals surface area contributed by atoms with Crippen LogP contribution in [0.2, 0.25) is 0 Å². The molecule has 0 amide bonds. The number of carboxylic acid groups (broad SMARTS) is 1. The summed E-state index contributed by atoms with van der Waals surface area (Å²) in [5.74, 6) is -0.0641. The minimum Gasteiger partial charge on any atom is -0.480 e. The van der Waals surface area contributed by atoms with E-state index in [1.165, 1.54) is 0 Å². The Morgan fingerprint density at radius 1 is 1.37 bits per heavy atom. The third-order valence-electron chi connectivity index (χ3n) is 3.01. The van der Waals surface area contributed by atoms with E-state index in [-0.39, 0.29) is 6.54 Å². The van der Waals surface area contributed by atoms with Crippen molar-refractivity contribution in [1.82, 2.24) is 4.98 Å². The first-order valence-corrected chi connectivity index (χ1v) is 6.45. The standard InChI is InChI=1S/C15H18N2O2/c1-3-8-17(10-14(18)19)15-11(2)9-12-6-4-5-7-13(12)16-15/h4-7,9H,3,8,10H2,1-2H3,(H,18,19). The second kappa shape index (κ2) is 5.69. The van der Waals surface area contributed by atoms with Gasteiger partial charge in [0.1, 0.15) is 12.4 Å². The summed E-state index contributed by atoms with van der Waals surface area (Å²) in [5.41, 5.74) is 1.91. The van der Waals surface area contributed by atoms with Gasteiger partial charge in [-0.25, -0.2) is 4.98 Å². The molecule has 1 aromatic heterocycles. The lowest BCUT2D eigenvalue weighted by Crippen LogP contribution is -2.31. The zero-order valence-corrected chi connectivity index (χ0v) is 11.3. The molecule has 4 nitrogen and oxygen atoms in total. The predicted molar refractivity (Wildman–Crippen MR) is 76.6 cm³/mol. The molecule has 1 N–H and O–H groups in total. The van der Waals surface area contributed by atoms with E-state index in [0.717, 1.165) is 28.7 Å². The van der Waals surface area contributed by atoms with Gasteiger partial charge in [-0.05, 0) is 31.0 Å². The number of hydrogen-bond donors (Lipinski definition) is 1. The number of carboxylic acids is 1. The number of benzene rings is 1. The molecule has 0 radical (unpaired) electrons. The van der Waals surface area contributed by atoms with Crippen molar-refractivity contribution in [1.29, 1.82) is 0 Å². The lowest BCUT2D eigenvalue weighted by atomic mass is 10.1. The Bertz CT molecular complexity index is 596. The quantitative estimate of drug-likeness (QED) is 0.896. The summed E-state index contributed by atoms with van der Waals surface area (Å²) in [7, 11) is 0. The molecule has 1 aromatic carbocycles. The molecular weight excluding hydrogens is 240 g/mol. The van der Waals surface area contributed by atoms with Crippen molar-refractivity contribution in [3.8, 4) is 0 Å². The molecule has 19 heavy (non-hydrogen) atoms. The summed E-state index contributed by atoms with van der Waals surface area (Å²) < 4.78 is 0. The molecule has 0 spiro atoms. The van der Waals surface area contributed by atoms with E-state index in [0.29, 0.717) is 6.54 Å². The molecule has 0 bridgehead atoms. The number of pyridine rings is 1. The number of aliphatic carboxylic acids is 1. The molecule has 0 fully saturated rings. The second-order valence-corrected chi connectivity index (χ2v) is 4.64. The number of aryl methyl sites for hydroxylation is 1. The predicted octanol–water partition coefficient (Wildman–Crippen LogP) is 2.84. The normalized spacial score (nSPS) is 10.6. The fourth-order valence-electron chi connectivity index (χ4n) is 2.22. The fraction of sp³-hybridized carbons (Fsp3) is 0.333. The number of hydrogen-bond acceptors (Lipinski definition) is 3. The van der Waals surface area contributed by atoms with Crippen LogP contribution in [0, 0.1) is 6.92 Å². The second-order valence-electron chi connectivity index (χ2n) is 4.64. The number of nitrogens with zero attached hydrogens (tertiary/aromatic N) is 2. The van der Waals surface area contributed by atoms with Gasteiger partial charge in [-0.2, -0.15) is 0 Å². The van der Waals surface area contributed by atoms with E-state index < -0.39 is 5.97 Å². The molecule has 0 saturated carbocycles. The largest absolute Gasteiger partial charge is 0.480 e. The van der Waals surface area contributed by atoms with Crippen LogP contribution >= 0.6 is 0 Å². The molecular formula is C15H18N2O2. The molecule has 100 valence electrons. The van der Waals surface area contributed by atoms with Gasteiger partial charge < -0.3 is 10.0 Å². The van der Waals surface area contributed by atoms with E-state index in [1.807, 2.05) is 43.0 Å². The maximum absolute atomic E-state index is 11.0. The maximum Gasteiger partial charge on any atom is 0.323 e. The van der Waals surface area contributed by atoms with Gasteiger partial charge in [-0.3, -0.25) is 4.79 Å². The van der Waals surface area contributed by atoms with Crippen LogP contribution in [-0.2, 0) is 4.79 Å². The molecule has 0 saturated heterocycles. The molecule has 0 atom stereocenters. The van der Waals surface area contributed by atoms with Crippen LogP contribution < -0.4 is 4.90 Å². The van der Waals surface area contributed by atoms with Crippen LogP contribution in [0.3, 0.4) is 0 Å². The van der Waals surface area contributed by atoms with Gasteiger partial charge in [0, 0.05) is 11.9 Å². The third-order valence-corrected chi connectivity index (χ3v) is 3.01. The third kappa shape index (κ3) is 3.02. The molecule has 0 unspecified atom stereocenters.